The minimum atomic E-state index is -0.342. The molecule has 0 aliphatic heterocycles. The Morgan fingerprint density at radius 3 is 2.26 bits per heavy atom. The van der Waals surface area contributed by atoms with Gasteiger partial charge in [0.05, 0.1) is 0 Å². The van der Waals surface area contributed by atoms with E-state index >= 15 is 0 Å². The Hall–Kier alpha value is -1.45. The molecule has 0 saturated carbocycles. The molecule has 1 N–H and O–H groups in total. The summed E-state index contributed by atoms with van der Waals surface area (Å²) >= 11 is 0. The zero-order chi connectivity index (χ0) is 14.5. The van der Waals surface area contributed by atoms with E-state index in [2.05, 4.69) is 36.1 Å². The van der Waals surface area contributed by atoms with Crippen LogP contribution >= 0.6 is 0 Å². The molecule has 4 nitrogen and oxygen atoms in total. The van der Waals surface area contributed by atoms with E-state index in [1.807, 2.05) is 13.8 Å². The SMILES string of the molecule is CC(C)(C)CC(C)(C)C(=O)NCCc1cncnc1. The molecule has 0 atom stereocenters. The highest BCUT2D eigenvalue weighted by Crippen LogP contribution is 2.33. The van der Waals surface area contributed by atoms with E-state index in [1.54, 1.807) is 12.4 Å². The average molecular weight is 263 g/mol. The Labute approximate surface area is 116 Å². The van der Waals surface area contributed by atoms with Gasteiger partial charge in [-0.05, 0) is 23.8 Å². The second kappa shape index (κ2) is 6.13. The number of rotatable bonds is 5. The number of hydrogen-bond acceptors (Lipinski definition) is 3. The van der Waals surface area contributed by atoms with Crippen molar-refractivity contribution in [2.45, 2.75) is 47.5 Å². The van der Waals surface area contributed by atoms with E-state index in [0.717, 1.165) is 18.4 Å². The number of aromatic nitrogens is 2. The Bertz CT molecular complexity index is 407. The molecule has 1 aromatic heterocycles. The van der Waals surface area contributed by atoms with Gasteiger partial charge in [-0.3, -0.25) is 4.79 Å². The number of amides is 1. The Morgan fingerprint density at radius 2 is 1.74 bits per heavy atom. The summed E-state index contributed by atoms with van der Waals surface area (Å²) < 4.78 is 0. The lowest BCUT2D eigenvalue weighted by molar-refractivity contribution is -0.130. The van der Waals surface area contributed by atoms with Gasteiger partial charge in [-0.1, -0.05) is 34.6 Å². The molecule has 0 bridgehead atoms. The maximum absolute atomic E-state index is 12.2. The summed E-state index contributed by atoms with van der Waals surface area (Å²) in [4.78, 5) is 20.1. The highest BCUT2D eigenvalue weighted by molar-refractivity contribution is 5.81. The van der Waals surface area contributed by atoms with Crippen molar-refractivity contribution in [3.05, 3.63) is 24.3 Å². The second-order valence-corrected chi connectivity index (χ2v) is 6.87. The van der Waals surface area contributed by atoms with Gasteiger partial charge in [0.15, 0.2) is 0 Å². The van der Waals surface area contributed by atoms with Crippen LogP contribution in [-0.4, -0.2) is 22.4 Å². The summed E-state index contributed by atoms with van der Waals surface area (Å²) in [5.41, 5.74) is 0.843. The topological polar surface area (TPSA) is 54.9 Å². The fourth-order valence-electron chi connectivity index (χ4n) is 2.42. The lowest BCUT2D eigenvalue weighted by Gasteiger charge is -2.31. The normalized spacial score (nSPS) is 12.3. The average Bonchev–Trinajstić information content (AvgIpc) is 2.27. The molecule has 0 unspecified atom stereocenters. The maximum atomic E-state index is 12.2. The van der Waals surface area contributed by atoms with Crippen LogP contribution in [0.3, 0.4) is 0 Å². The highest BCUT2D eigenvalue weighted by Gasteiger charge is 2.32. The molecule has 0 aliphatic carbocycles. The molecule has 0 aliphatic rings. The first kappa shape index (κ1) is 15.6. The van der Waals surface area contributed by atoms with Crippen LogP contribution in [0.25, 0.3) is 0 Å². The predicted octanol–water partition coefficient (Wildman–Crippen LogP) is 2.60. The molecule has 0 fully saturated rings. The highest BCUT2D eigenvalue weighted by atomic mass is 16.2. The molecule has 1 amide bonds. The van der Waals surface area contributed by atoms with Crippen molar-refractivity contribution < 1.29 is 4.79 Å². The zero-order valence-electron chi connectivity index (χ0n) is 12.7. The number of nitrogens with zero attached hydrogens (tertiary/aromatic N) is 2. The Balaban J connectivity index is 2.42. The first-order chi connectivity index (χ1) is 8.71. The third kappa shape index (κ3) is 5.81. The second-order valence-electron chi connectivity index (χ2n) is 6.87. The van der Waals surface area contributed by atoms with Crippen LogP contribution in [0.15, 0.2) is 18.7 Å². The van der Waals surface area contributed by atoms with Crippen molar-refractivity contribution >= 4 is 5.91 Å². The molecule has 4 heteroatoms. The van der Waals surface area contributed by atoms with Gasteiger partial charge in [0.25, 0.3) is 0 Å². The Morgan fingerprint density at radius 1 is 1.16 bits per heavy atom. The van der Waals surface area contributed by atoms with Gasteiger partial charge in [-0.25, -0.2) is 9.97 Å². The van der Waals surface area contributed by atoms with Gasteiger partial charge < -0.3 is 5.32 Å². The summed E-state index contributed by atoms with van der Waals surface area (Å²) in [6.45, 7) is 11.1. The number of nitrogens with one attached hydrogen (secondary N) is 1. The van der Waals surface area contributed by atoms with Gasteiger partial charge in [0.1, 0.15) is 6.33 Å². The van der Waals surface area contributed by atoms with E-state index in [9.17, 15) is 4.79 Å². The lowest BCUT2D eigenvalue weighted by atomic mass is 9.76. The first-order valence-corrected chi connectivity index (χ1v) is 6.73. The van der Waals surface area contributed by atoms with Crippen LogP contribution in [0.5, 0.6) is 0 Å². The summed E-state index contributed by atoms with van der Waals surface area (Å²) in [6.07, 6.45) is 6.69. The van der Waals surface area contributed by atoms with Crippen molar-refractivity contribution in [2.24, 2.45) is 10.8 Å². The van der Waals surface area contributed by atoms with E-state index in [0.29, 0.717) is 6.54 Å². The Kier molecular flexibility index (Phi) is 5.04. The quantitative estimate of drug-likeness (QED) is 0.888. The zero-order valence-corrected chi connectivity index (χ0v) is 12.7. The van der Waals surface area contributed by atoms with Gasteiger partial charge in [0.2, 0.25) is 5.91 Å². The molecule has 1 heterocycles. The molecule has 106 valence electrons. The minimum absolute atomic E-state index is 0.110. The molecule has 0 radical (unpaired) electrons. The van der Waals surface area contributed by atoms with Gasteiger partial charge in [0, 0.05) is 24.4 Å². The number of carbonyl (C=O) groups excluding carboxylic acids is 1. The molecule has 0 aromatic carbocycles. The fraction of sp³-hybridized carbons (Fsp3) is 0.667. The van der Waals surface area contributed by atoms with Crippen molar-refractivity contribution in [3.63, 3.8) is 0 Å². The van der Waals surface area contributed by atoms with Crippen LogP contribution in [-0.2, 0) is 11.2 Å². The fourth-order valence-corrected chi connectivity index (χ4v) is 2.42. The van der Waals surface area contributed by atoms with Crippen molar-refractivity contribution in [3.8, 4) is 0 Å². The lowest BCUT2D eigenvalue weighted by Crippen LogP contribution is -2.40. The van der Waals surface area contributed by atoms with Crippen LogP contribution in [0.1, 0.15) is 46.6 Å². The third-order valence-electron chi connectivity index (χ3n) is 2.90. The summed E-state index contributed by atoms with van der Waals surface area (Å²) in [6, 6.07) is 0. The number of carbonyl (C=O) groups is 1. The van der Waals surface area contributed by atoms with Crippen LogP contribution in [0.4, 0.5) is 0 Å². The molecule has 0 saturated heterocycles. The van der Waals surface area contributed by atoms with Crippen LogP contribution in [0, 0.1) is 10.8 Å². The van der Waals surface area contributed by atoms with Gasteiger partial charge in [-0.2, -0.15) is 0 Å². The molecule has 0 spiro atoms. The summed E-state index contributed by atoms with van der Waals surface area (Å²) in [5.74, 6) is 0.110. The molecule has 1 rings (SSSR count). The predicted molar refractivity (Wildman–Crippen MR) is 76.6 cm³/mol. The summed E-state index contributed by atoms with van der Waals surface area (Å²) in [5, 5.41) is 3.00. The smallest absolute Gasteiger partial charge is 0.225 e. The molecular weight excluding hydrogens is 238 g/mol. The summed E-state index contributed by atoms with van der Waals surface area (Å²) in [7, 11) is 0. The minimum Gasteiger partial charge on any atom is -0.355 e. The first-order valence-electron chi connectivity index (χ1n) is 6.73. The van der Waals surface area contributed by atoms with Crippen molar-refractivity contribution in [1.29, 1.82) is 0 Å². The maximum Gasteiger partial charge on any atom is 0.225 e. The van der Waals surface area contributed by atoms with Crippen molar-refractivity contribution in [1.82, 2.24) is 15.3 Å². The largest absolute Gasteiger partial charge is 0.355 e. The van der Waals surface area contributed by atoms with Crippen LogP contribution < -0.4 is 5.32 Å². The van der Waals surface area contributed by atoms with E-state index in [4.69, 9.17) is 0 Å². The standard InChI is InChI=1S/C15H25N3O/c1-14(2,3)10-15(4,5)13(19)18-7-6-12-8-16-11-17-9-12/h8-9,11H,6-7,10H2,1-5H3,(H,18,19). The van der Waals surface area contributed by atoms with E-state index in [1.165, 1.54) is 6.33 Å². The molecular formula is C15H25N3O. The molecule has 19 heavy (non-hydrogen) atoms. The van der Waals surface area contributed by atoms with E-state index in [-0.39, 0.29) is 16.7 Å². The van der Waals surface area contributed by atoms with Gasteiger partial charge in [-0.15, -0.1) is 0 Å². The number of hydrogen-bond donors (Lipinski definition) is 1. The molecule has 1 aromatic rings. The van der Waals surface area contributed by atoms with Gasteiger partial charge >= 0.3 is 0 Å². The monoisotopic (exact) mass is 263 g/mol. The third-order valence-corrected chi connectivity index (χ3v) is 2.90. The van der Waals surface area contributed by atoms with Crippen molar-refractivity contribution in [2.75, 3.05) is 6.54 Å². The van der Waals surface area contributed by atoms with Crippen LogP contribution in [0.2, 0.25) is 0 Å². The van der Waals surface area contributed by atoms with E-state index < -0.39 is 0 Å².